The van der Waals surface area contributed by atoms with Gasteiger partial charge < -0.3 is 5.32 Å². The molecule has 0 unspecified atom stereocenters. The molecule has 27 heavy (non-hydrogen) atoms. The summed E-state index contributed by atoms with van der Waals surface area (Å²) >= 11 is 1.47. The molecule has 0 aliphatic heterocycles. The lowest BCUT2D eigenvalue weighted by molar-refractivity contribution is 0.103. The Labute approximate surface area is 159 Å². The van der Waals surface area contributed by atoms with Gasteiger partial charge in [0, 0.05) is 17.6 Å². The molecule has 3 aromatic heterocycles. The Kier molecular flexibility index (Phi) is 4.44. The second kappa shape index (κ2) is 6.92. The quantitative estimate of drug-likeness (QED) is 0.573. The number of rotatable bonds is 5. The van der Waals surface area contributed by atoms with Crippen LogP contribution in [0.4, 0.5) is 5.69 Å². The molecule has 0 atom stereocenters. The second-order valence-electron chi connectivity index (χ2n) is 6.75. The zero-order valence-corrected chi connectivity index (χ0v) is 16.1. The van der Waals surface area contributed by atoms with Crippen LogP contribution < -0.4 is 5.32 Å². The van der Waals surface area contributed by atoms with Crippen molar-refractivity contribution in [1.29, 1.82) is 0 Å². The first-order valence-electron chi connectivity index (χ1n) is 8.63. The lowest BCUT2D eigenvalue weighted by Crippen LogP contribution is -2.10. The Morgan fingerprint density at radius 2 is 2.15 bits per heavy atom. The fraction of sp³-hybridized carbons (Fsp3) is 0.278. The molecule has 4 aromatic rings. The maximum absolute atomic E-state index is 12.7. The van der Waals surface area contributed by atoms with Crippen molar-refractivity contribution >= 4 is 33.1 Å². The highest BCUT2D eigenvalue weighted by Crippen LogP contribution is 2.29. The van der Waals surface area contributed by atoms with Crippen LogP contribution in [0.25, 0.3) is 15.9 Å². The van der Waals surface area contributed by atoms with Crippen molar-refractivity contribution in [3.8, 4) is 5.69 Å². The number of hydrogen-bond donors (Lipinski definition) is 1. The van der Waals surface area contributed by atoms with Gasteiger partial charge in [-0.3, -0.25) is 9.48 Å². The van der Waals surface area contributed by atoms with Gasteiger partial charge >= 0.3 is 0 Å². The summed E-state index contributed by atoms with van der Waals surface area (Å²) in [5, 5.41) is 19.7. The molecule has 0 saturated carbocycles. The van der Waals surface area contributed by atoms with Gasteiger partial charge in [0.05, 0.1) is 16.3 Å². The molecular formula is C18H19N7OS. The molecule has 0 bridgehead atoms. The first-order valence-corrected chi connectivity index (χ1v) is 9.44. The number of aryl methyl sites for hydroxylation is 1. The van der Waals surface area contributed by atoms with Crippen molar-refractivity contribution in [2.75, 3.05) is 5.32 Å². The van der Waals surface area contributed by atoms with Crippen molar-refractivity contribution in [2.24, 2.45) is 5.92 Å². The minimum atomic E-state index is -0.138. The van der Waals surface area contributed by atoms with Gasteiger partial charge in [-0.25, -0.2) is 4.68 Å². The van der Waals surface area contributed by atoms with E-state index in [4.69, 9.17) is 0 Å². The van der Waals surface area contributed by atoms with E-state index in [1.165, 1.54) is 17.7 Å². The zero-order chi connectivity index (χ0) is 19.0. The van der Waals surface area contributed by atoms with Crippen molar-refractivity contribution in [3.05, 3.63) is 47.2 Å². The molecule has 1 N–H and O–H groups in total. The number of nitrogens with one attached hydrogen (secondary N) is 1. The molecule has 3 heterocycles. The monoisotopic (exact) mass is 381 g/mol. The van der Waals surface area contributed by atoms with Gasteiger partial charge in [-0.2, -0.15) is 5.10 Å². The van der Waals surface area contributed by atoms with Crippen molar-refractivity contribution < 1.29 is 4.79 Å². The van der Waals surface area contributed by atoms with E-state index in [9.17, 15) is 4.79 Å². The first kappa shape index (κ1) is 17.3. The van der Waals surface area contributed by atoms with Gasteiger partial charge in [0.15, 0.2) is 0 Å². The molecule has 1 amide bonds. The van der Waals surface area contributed by atoms with E-state index in [1.807, 2.05) is 41.9 Å². The maximum atomic E-state index is 12.7. The van der Waals surface area contributed by atoms with E-state index in [0.29, 0.717) is 16.5 Å². The summed E-state index contributed by atoms with van der Waals surface area (Å²) in [7, 11) is 0. The van der Waals surface area contributed by atoms with Crippen LogP contribution in [0.15, 0.2) is 36.7 Å². The van der Waals surface area contributed by atoms with Crippen LogP contribution in [0, 0.1) is 12.8 Å². The molecule has 0 spiro atoms. The van der Waals surface area contributed by atoms with Crippen LogP contribution >= 0.6 is 11.3 Å². The summed E-state index contributed by atoms with van der Waals surface area (Å²) in [6, 6.07) is 9.30. The molecule has 9 heteroatoms. The van der Waals surface area contributed by atoms with Crippen LogP contribution in [-0.2, 0) is 6.54 Å². The Hall–Kier alpha value is -3.07. The molecule has 138 valence electrons. The molecule has 0 aliphatic rings. The predicted octanol–water partition coefficient (Wildman–Crippen LogP) is 3.29. The van der Waals surface area contributed by atoms with E-state index >= 15 is 0 Å². The van der Waals surface area contributed by atoms with Crippen LogP contribution in [0.2, 0.25) is 0 Å². The molecular weight excluding hydrogens is 362 g/mol. The number of carbonyl (C=O) groups excluding carboxylic acids is 1. The van der Waals surface area contributed by atoms with Crippen LogP contribution in [-0.4, -0.2) is 35.9 Å². The minimum Gasteiger partial charge on any atom is -0.321 e. The molecule has 0 aliphatic carbocycles. The third-order valence-corrected chi connectivity index (χ3v) is 5.23. The van der Waals surface area contributed by atoms with Crippen molar-refractivity contribution in [1.82, 2.24) is 30.0 Å². The minimum absolute atomic E-state index is 0.138. The third-order valence-electron chi connectivity index (χ3n) is 4.09. The van der Waals surface area contributed by atoms with E-state index in [2.05, 4.69) is 39.8 Å². The lowest BCUT2D eigenvalue weighted by atomic mass is 10.2. The number of tetrazole rings is 1. The molecule has 0 radical (unpaired) electrons. The highest BCUT2D eigenvalue weighted by atomic mass is 32.1. The Morgan fingerprint density at radius 1 is 1.30 bits per heavy atom. The van der Waals surface area contributed by atoms with E-state index in [0.717, 1.165) is 28.1 Å². The number of nitrogens with zero attached hydrogens (tertiary/aromatic N) is 6. The molecule has 0 fully saturated rings. The predicted molar refractivity (Wildman–Crippen MR) is 104 cm³/mol. The summed E-state index contributed by atoms with van der Waals surface area (Å²) < 4.78 is 3.54. The summed E-state index contributed by atoms with van der Waals surface area (Å²) in [5.41, 5.74) is 2.41. The molecule has 8 nitrogen and oxygen atoms in total. The number of amides is 1. The normalized spacial score (nSPS) is 11.4. The summed E-state index contributed by atoms with van der Waals surface area (Å²) in [6.07, 6.45) is 1.51. The highest BCUT2D eigenvalue weighted by molar-refractivity contribution is 7.20. The van der Waals surface area contributed by atoms with Crippen LogP contribution in [0.5, 0.6) is 0 Å². The number of benzene rings is 1. The lowest BCUT2D eigenvalue weighted by Gasteiger charge is -2.06. The SMILES string of the molecule is Cc1nn(CC(C)C)c2sc(C(=O)Nc3cccc(-n4cnnn4)c3)cc12. The number of thiophene rings is 1. The number of anilines is 1. The van der Waals surface area contributed by atoms with E-state index < -0.39 is 0 Å². The van der Waals surface area contributed by atoms with Gasteiger partial charge in [0.1, 0.15) is 11.2 Å². The van der Waals surface area contributed by atoms with Gasteiger partial charge in [-0.15, -0.1) is 16.4 Å². The Balaban J connectivity index is 1.59. The third kappa shape index (κ3) is 3.45. The van der Waals surface area contributed by atoms with E-state index in [1.54, 1.807) is 4.68 Å². The average molecular weight is 381 g/mol. The fourth-order valence-corrected chi connectivity index (χ4v) is 3.96. The van der Waals surface area contributed by atoms with Gasteiger partial charge in [-0.1, -0.05) is 19.9 Å². The summed E-state index contributed by atoms with van der Waals surface area (Å²) in [6.45, 7) is 7.12. The molecule has 0 saturated heterocycles. The summed E-state index contributed by atoms with van der Waals surface area (Å²) in [4.78, 5) is 14.4. The highest BCUT2D eigenvalue weighted by Gasteiger charge is 2.17. The first-order chi connectivity index (χ1) is 13.0. The molecule has 1 aromatic carbocycles. The summed E-state index contributed by atoms with van der Waals surface area (Å²) in [5.74, 6) is 0.349. The molecule has 4 rings (SSSR count). The van der Waals surface area contributed by atoms with Crippen LogP contribution in [0.3, 0.4) is 0 Å². The number of carbonyl (C=O) groups is 1. The van der Waals surface area contributed by atoms with E-state index in [-0.39, 0.29) is 5.91 Å². The number of hydrogen-bond acceptors (Lipinski definition) is 6. The maximum Gasteiger partial charge on any atom is 0.265 e. The number of fused-ring (bicyclic) bond motifs is 1. The smallest absolute Gasteiger partial charge is 0.265 e. The largest absolute Gasteiger partial charge is 0.321 e. The zero-order valence-electron chi connectivity index (χ0n) is 15.2. The van der Waals surface area contributed by atoms with Crippen LogP contribution in [0.1, 0.15) is 29.2 Å². The number of aromatic nitrogens is 6. The van der Waals surface area contributed by atoms with Crippen molar-refractivity contribution in [2.45, 2.75) is 27.3 Å². The Bertz CT molecular complexity index is 1090. The fourth-order valence-electron chi connectivity index (χ4n) is 2.89. The topological polar surface area (TPSA) is 90.5 Å². The van der Waals surface area contributed by atoms with Crippen molar-refractivity contribution in [3.63, 3.8) is 0 Å². The van der Waals surface area contributed by atoms with Gasteiger partial charge in [-0.05, 0) is 47.5 Å². The second-order valence-corrected chi connectivity index (χ2v) is 7.78. The average Bonchev–Trinajstić information content (AvgIpc) is 3.35. The Morgan fingerprint density at radius 3 is 2.89 bits per heavy atom. The standard InChI is InChI=1S/C18H19N7OS/c1-11(2)9-24-18-15(12(3)21-24)8-16(27-18)17(26)20-13-5-4-6-14(7-13)25-10-19-22-23-25/h4-8,10-11H,9H2,1-3H3,(H,20,26). The van der Waals surface area contributed by atoms with Gasteiger partial charge in [0.25, 0.3) is 5.91 Å². The van der Waals surface area contributed by atoms with Gasteiger partial charge in [0.2, 0.25) is 0 Å².